The minimum absolute atomic E-state index is 0.0439. The van der Waals surface area contributed by atoms with Crippen LogP contribution in [0, 0.1) is 5.92 Å². The first-order chi connectivity index (χ1) is 8.09. The van der Waals surface area contributed by atoms with Crippen LogP contribution in [0.2, 0.25) is 0 Å². The van der Waals surface area contributed by atoms with E-state index in [2.05, 4.69) is 4.72 Å². The van der Waals surface area contributed by atoms with Gasteiger partial charge < -0.3 is 0 Å². The molecular formula is C12H19NO2S2. The van der Waals surface area contributed by atoms with Gasteiger partial charge in [0.2, 0.25) is 10.0 Å². The van der Waals surface area contributed by atoms with Crippen LogP contribution in [0.5, 0.6) is 0 Å². The molecule has 1 unspecified atom stereocenters. The summed E-state index contributed by atoms with van der Waals surface area (Å²) in [4.78, 5) is 0. The van der Waals surface area contributed by atoms with Crippen LogP contribution in [0.3, 0.4) is 0 Å². The van der Waals surface area contributed by atoms with Gasteiger partial charge in [0.15, 0.2) is 0 Å². The number of hydrogen-bond donors (Lipinski definition) is 1. The van der Waals surface area contributed by atoms with Crippen molar-refractivity contribution in [1.29, 1.82) is 0 Å². The Labute approximate surface area is 107 Å². The lowest BCUT2D eigenvalue weighted by atomic mass is 9.85. The molecular weight excluding hydrogens is 254 g/mol. The van der Waals surface area contributed by atoms with Crippen LogP contribution in [0.1, 0.15) is 39.0 Å². The summed E-state index contributed by atoms with van der Waals surface area (Å²) in [5.41, 5.74) is 0. The summed E-state index contributed by atoms with van der Waals surface area (Å²) < 4.78 is 27.3. The summed E-state index contributed by atoms with van der Waals surface area (Å²) in [7, 11) is -3.30. The molecule has 0 bridgehead atoms. The molecule has 0 spiro atoms. The minimum atomic E-state index is -3.30. The van der Waals surface area contributed by atoms with E-state index in [9.17, 15) is 8.42 Å². The van der Waals surface area contributed by atoms with Crippen LogP contribution in [-0.2, 0) is 10.0 Å². The molecule has 0 aliphatic heterocycles. The highest BCUT2D eigenvalue weighted by atomic mass is 32.2. The lowest BCUT2D eigenvalue weighted by molar-refractivity contribution is 0.303. The molecule has 1 aromatic rings. The van der Waals surface area contributed by atoms with E-state index in [1.165, 1.54) is 30.6 Å². The van der Waals surface area contributed by atoms with E-state index >= 15 is 0 Å². The molecule has 0 saturated heterocycles. The van der Waals surface area contributed by atoms with Crippen molar-refractivity contribution in [2.45, 2.75) is 49.3 Å². The highest BCUT2D eigenvalue weighted by molar-refractivity contribution is 7.91. The monoisotopic (exact) mass is 273 g/mol. The molecule has 17 heavy (non-hydrogen) atoms. The summed E-state index contributed by atoms with van der Waals surface area (Å²) in [6.07, 6.45) is 6.05. The maximum Gasteiger partial charge on any atom is 0.250 e. The highest BCUT2D eigenvalue weighted by Crippen LogP contribution is 2.27. The number of hydrogen-bond acceptors (Lipinski definition) is 3. The quantitative estimate of drug-likeness (QED) is 0.916. The number of thiophene rings is 1. The van der Waals surface area contributed by atoms with Crippen molar-refractivity contribution in [3.8, 4) is 0 Å². The van der Waals surface area contributed by atoms with Gasteiger partial charge in [-0.2, -0.15) is 0 Å². The smallest absolute Gasteiger partial charge is 0.207 e. The summed E-state index contributed by atoms with van der Waals surface area (Å²) in [6, 6.07) is 3.47. The fourth-order valence-corrected chi connectivity index (χ4v) is 4.77. The molecule has 1 aliphatic rings. The van der Waals surface area contributed by atoms with Crippen LogP contribution >= 0.6 is 11.3 Å². The van der Waals surface area contributed by atoms with E-state index in [1.54, 1.807) is 17.5 Å². The first kappa shape index (κ1) is 13.1. The molecule has 1 atom stereocenters. The Morgan fingerprint density at radius 3 is 2.65 bits per heavy atom. The van der Waals surface area contributed by atoms with Crippen molar-refractivity contribution in [3.63, 3.8) is 0 Å². The van der Waals surface area contributed by atoms with Crippen molar-refractivity contribution in [2.24, 2.45) is 5.92 Å². The lowest BCUT2D eigenvalue weighted by Gasteiger charge is -2.27. The topological polar surface area (TPSA) is 46.2 Å². The summed E-state index contributed by atoms with van der Waals surface area (Å²) in [6.45, 7) is 1.99. The van der Waals surface area contributed by atoms with Crippen LogP contribution in [0.4, 0.5) is 0 Å². The first-order valence-electron chi connectivity index (χ1n) is 6.15. The molecule has 3 nitrogen and oxygen atoms in total. The zero-order chi connectivity index (χ0) is 12.3. The van der Waals surface area contributed by atoms with Gasteiger partial charge in [0.1, 0.15) is 4.21 Å². The minimum Gasteiger partial charge on any atom is -0.207 e. The van der Waals surface area contributed by atoms with Gasteiger partial charge in [-0.05, 0) is 37.1 Å². The van der Waals surface area contributed by atoms with Gasteiger partial charge in [-0.25, -0.2) is 13.1 Å². The van der Waals surface area contributed by atoms with Gasteiger partial charge in [-0.3, -0.25) is 0 Å². The molecule has 1 aromatic heterocycles. The van der Waals surface area contributed by atoms with E-state index in [-0.39, 0.29) is 6.04 Å². The third-order valence-corrected chi connectivity index (χ3v) is 6.41. The Kier molecular flexibility index (Phi) is 4.22. The fraction of sp³-hybridized carbons (Fsp3) is 0.667. The Balaban J connectivity index is 2.00. The van der Waals surface area contributed by atoms with Crippen LogP contribution in [0.25, 0.3) is 0 Å². The second kappa shape index (κ2) is 5.50. The van der Waals surface area contributed by atoms with Gasteiger partial charge in [0, 0.05) is 6.04 Å². The predicted octanol–water partition coefficient (Wildman–Crippen LogP) is 3.00. The summed E-state index contributed by atoms with van der Waals surface area (Å²) in [5, 5.41) is 1.79. The second-order valence-electron chi connectivity index (χ2n) is 4.74. The van der Waals surface area contributed by atoms with Crippen molar-refractivity contribution in [1.82, 2.24) is 4.72 Å². The zero-order valence-corrected chi connectivity index (χ0v) is 11.7. The zero-order valence-electron chi connectivity index (χ0n) is 10.1. The maximum absolute atomic E-state index is 12.0. The van der Waals surface area contributed by atoms with E-state index in [0.717, 1.165) is 12.8 Å². The SMILES string of the molecule is CC(NS(=O)(=O)c1cccs1)C1CCCCC1. The molecule has 1 heterocycles. The van der Waals surface area contributed by atoms with Crippen LogP contribution < -0.4 is 4.72 Å². The fourth-order valence-electron chi connectivity index (χ4n) is 2.45. The van der Waals surface area contributed by atoms with E-state index in [1.807, 2.05) is 6.92 Å². The molecule has 0 amide bonds. The Morgan fingerprint density at radius 2 is 2.06 bits per heavy atom. The molecule has 2 rings (SSSR count). The molecule has 1 saturated carbocycles. The molecule has 0 aromatic carbocycles. The normalized spacial score (nSPS) is 20.3. The van der Waals surface area contributed by atoms with Gasteiger partial charge in [-0.1, -0.05) is 25.3 Å². The highest BCUT2D eigenvalue weighted by Gasteiger charge is 2.25. The van der Waals surface area contributed by atoms with Gasteiger partial charge >= 0.3 is 0 Å². The number of rotatable bonds is 4. The first-order valence-corrected chi connectivity index (χ1v) is 8.52. The van der Waals surface area contributed by atoms with E-state index in [4.69, 9.17) is 0 Å². The average Bonchev–Trinajstić information content (AvgIpc) is 2.84. The molecule has 1 fully saturated rings. The average molecular weight is 273 g/mol. The lowest BCUT2D eigenvalue weighted by Crippen LogP contribution is -2.38. The molecule has 1 N–H and O–H groups in total. The Bertz CT molecular complexity index is 433. The summed E-state index contributed by atoms with van der Waals surface area (Å²) >= 11 is 1.27. The predicted molar refractivity (Wildman–Crippen MR) is 70.7 cm³/mol. The van der Waals surface area contributed by atoms with Crippen molar-refractivity contribution >= 4 is 21.4 Å². The van der Waals surface area contributed by atoms with Crippen molar-refractivity contribution < 1.29 is 8.42 Å². The summed E-state index contributed by atoms with van der Waals surface area (Å²) in [5.74, 6) is 0.499. The van der Waals surface area contributed by atoms with Crippen LogP contribution in [0.15, 0.2) is 21.7 Å². The third kappa shape index (κ3) is 3.30. The number of nitrogens with one attached hydrogen (secondary N) is 1. The van der Waals surface area contributed by atoms with Crippen LogP contribution in [-0.4, -0.2) is 14.5 Å². The Morgan fingerprint density at radius 1 is 1.35 bits per heavy atom. The van der Waals surface area contributed by atoms with Gasteiger partial charge in [-0.15, -0.1) is 11.3 Å². The molecule has 96 valence electrons. The third-order valence-electron chi connectivity index (χ3n) is 3.46. The van der Waals surface area contributed by atoms with E-state index in [0.29, 0.717) is 10.1 Å². The number of sulfonamides is 1. The van der Waals surface area contributed by atoms with Gasteiger partial charge in [0.05, 0.1) is 0 Å². The largest absolute Gasteiger partial charge is 0.250 e. The van der Waals surface area contributed by atoms with Crippen molar-refractivity contribution in [3.05, 3.63) is 17.5 Å². The second-order valence-corrected chi connectivity index (χ2v) is 7.63. The molecule has 0 radical (unpaired) electrons. The standard InChI is InChI=1S/C12H19NO2S2/c1-10(11-6-3-2-4-7-11)13-17(14,15)12-8-5-9-16-12/h5,8-11,13H,2-4,6-7H2,1H3. The molecule has 1 aliphatic carbocycles. The maximum atomic E-state index is 12.0. The Hall–Kier alpha value is -0.390. The molecule has 5 heteroatoms. The van der Waals surface area contributed by atoms with E-state index < -0.39 is 10.0 Å². The van der Waals surface area contributed by atoms with Gasteiger partial charge in [0.25, 0.3) is 0 Å². The van der Waals surface area contributed by atoms with Crippen molar-refractivity contribution in [2.75, 3.05) is 0 Å².